The summed E-state index contributed by atoms with van der Waals surface area (Å²) in [5.74, 6) is -0.331. The Balaban J connectivity index is 2.34. The van der Waals surface area contributed by atoms with Gasteiger partial charge in [0.1, 0.15) is 5.82 Å². The molecule has 0 radical (unpaired) electrons. The van der Waals surface area contributed by atoms with E-state index in [2.05, 4.69) is 10.3 Å². The Morgan fingerprint density at radius 1 is 1.56 bits per heavy atom. The highest BCUT2D eigenvalue weighted by Gasteiger charge is 2.11. The number of nitrogens with one attached hydrogen (secondary N) is 1. The van der Waals surface area contributed by atoms with Crippen molar-refractivity contribution in [1.82, 2.24) is 14.9 Å². The molecule has 5 N–H and O–H groups in total. The molecule has 1 heterocycles. The maximum atomic E-state index is 13.3. The number of carbonyl (C=O) groups excluding carboxylic acids is 1. The molecule has 1 aromatic carbocycles. The summed E-state index contributed by atoms with van der Waals surface area (Å²) in [5.41, 5.74) is 11.7. The summed E-state index contributed by atoms with van der Waals surface area (Å²) >= 11 is 5.71. The highest BCUT2D eigenvalue weighted by atomic mass is 35.5. The van der Waals surface area contributed by atoms with Gasteiger partial charge in [-0.1, -0.05) is 11.6 Å². The number of aromatic nitrogens is 2. The summed E-state index contributed by atoms with van der Waals surface area (Å²) in [6.07, 6.45) is 0. The molecule has 2 amide bonds. The maximum absolute atomic E-state index is 13.3. The summed E-state index contributed by atoms with van der Waals surface area (Å²) in [4.78, 5) is 14.6. The Morgan fingerprint density at radius 2 is 2.28 bits per heavy atom. The minimum Gasteiger partial charge on any atom is -0.369 e. The first-order valence-corrected chi connectivity index (χ1v) is 5.51. The number of benzene rings is 1. The molecular formula is C10H11ClFN5O. The lowest BCUT2D eigenvalue weighted by Crippen LogP contribution is -2.32. The van der Waals surface area contributed by atoms with E-state index < -0.39 is 11.8 Å². The first-order chi connectivity index (χ1) is 8.49. The van der Waals surface area contributed by atoms with Crippen LogP contribution in [0.2, 0.25) is 5.02 Å². The average molecular weight is 272 g/mol. The van der Waals surface area contributed by atoms with Crippen molar-refractivity contribution in [2.75, 3.05) is 12.3 Å². The fourth-order valence-corrected chi connectivity index (χ4v) is 1.82. The van der Waals surface area contributed by atoms with E-state index in [1.54, 1.807) is 4.57 Å². The molecular weight excluding hydrogens is 261 g/mol. The van der Waals surface area contributed by atoms with Gasteiger partial charge in [-0.25, -0.2) is 14.2 Å². The number of nitrogens with two attached hydrogens (primary N) is 2. The van der Waals surface area contributed by atoms with Gasteiger partial charge in [0, 0.05) is 19.2 Å². The number of nitrogens with zero attached hydrogens (tertiary/aromatic N) is 2. The van der Waals surface area contributed by atoms with Gasteiger partial charge in [-0.05, 0) is 6.07 Å². The van der Waals surface area contributed by atoms with Crippen LogP contribution in [0.3, 0.4) is 0 Å². The molecule has 0 aliphatic heterocycles. The third kappa shape index (κ3) is 2.30. The van der Waals surface area contributed by atoms with Crippen molar-refractivity contribution in [3.8, 4) is 0 Å². The largest absolute Gasteiger partial charge is 0.369 e. The number of primary amides is 1. The molecule has 0 unspecified atom stereocenters. The van der Waals surface area contributed by atoms with Crippen LogP contribution >= 0.6 is 11.6 Å². The van der Waals surface area contributed by atoms with Gasteiger partial charge in [-0.15, -0.1) is 0 Å². The molecule has 6 nitrogen and oxygen atoms in total. The maximum Gasteiger partial charge on any atom is 0.312 e. The van der Waals surface area contributed by atoms with Crippen molar-refractivity contribution in [3.63, 3.8) is 0 Å². The van der Waals surface area contributed by atoms with Crippen molar-refractivity contribution in [2.24, 2.45) is 5.73 Å². The number of rotatable bonds is 3. The van der Waals surface area contributed by atoms with Crippen molar-refractivity contribution in [2.45, 2.75) is 6.54 Å². The quantitative estimate of drug-likeness (QED) is 0.779. The van der Waals surface area contributed by atoms with Crippen LogP contribution < -0.4 is 16.8 Å². The Hall–Kier alpha value is -2.02. The number of fused-ring (bicyclic) bond motifs is 1. The minimum atomic E-state index is -0.623. The number of imidazole rings is 1. The number of nitrogen functional groups attached to an aromatic ring is 1. The van der Waals surface area contributed by atoms with E-state index in [-0.39, 0.29) is 11.0 Å². The van der Waals surface area contributed by atoms with Crippen molar-refractivity contribution < 1.29 is 9.18 Å². The number of amides is 2. The second-order valence-electron chi connectivity index (χ2n) is 3.67. The molecule has 0 aliphatic carbocycles. The summed E-state index contributed by atoms with van der Waals surface area (Å²) in [6.45, 7) is 0.660. The molecule has 96 valence electrons. The van der Waals surface area contributed by atoms with Crippen LogP contribution in [0.5, 0.6) is 0 Å². The molecule has 1 aromatic heterocycles. The van der Waals surface area contributed by atoms with E-state index in [0.717, 1.165) is 0 Å². The SMILES string of the molecule is NC(=O)NCCn1c(N)nc2cc(F)c(Cl)cc21. The standard InChI is InChI=1S/C10H11ClFN5O/c11-5-3-8-7(4-6(5)12)16-9(13)17(8)2-1-15-10(14)18/h3-4H,1-2H2,(H2,13,16)(H3,14,15,18). The molecule has 0 fully saturated rings. The van der Waals surface area contributed by atoms with Crippen LogP contribution in [-0.2, 0) is 6.54 Å². The van der Waals surface area contributed by atoms with Crippen molar-refractivity contribution in [1.29, 1.82) is 0 Å². The first kappa shape index (κ1) is 12.4. The van der Waals surface area contributed by atoms with Crippen molar-refractivity contribution >= 4 is 34.6 Å². The molecule has 8 heteroatoms. The van der Waals surface area contributed by atoms with E-state index in [1.165, 1.54) is 12.1 Å². The zero-order chi connectivity index (χ0) is 13.3. The second kappa shape index (κ2) is 4.69. The van der Waals surface area contributed by atoms with Gasteiger partial charge in [0.05, 0.1) is 16.1 Å². The first-order valence-electron chi connectivity index (χ1n) is 5.13. The summed E-state index contributed by atoms with van der Waals surface area (Å²) in [6, 6.07) is 2.04. The Morgan fingerprint density at radius 3 is 2.94 bits per heavy atom. The summed E-state index contributed by atoms with van der Waals surface area (Å²) in [5, 5.41) is 2.42. The van der Waals surface area contributed by atoms with Gasteiger partial charge >= 0.3 is 6.03 Å². The summed E-state index contributed by atoms with van der Waals surface area (Å²) < 4.78 is 14.9. The molecule has 18 heavy (non-hydrogen) atoms. The molecule has 0 spiro atoms. The third-order valence-electron chi connectivity index (χ3n) is 2.45. The lowest BCUT2D eigenvalue weighted by Gasteiger charge is -2.06. The molecule has 0 saturated carbocycles. The van der Waals surface area contributed by atoms with Crippen LogP contribution in [0.4, 0.5) is 15.1 Å². The topological polar surface area (TPSA) is 99.0 Å². The van der Waals surface area contributed by atoms with Gasteiger partial charge < -0.3 is 21.4 Å². The molecule has 0 aliphatic rings. The van der Waals surface area contributed by atoms with Crippen LogP contribution in [0.15, 0.2) is 12.1 Å². The summed E-state index contributed by atoms with van der Waals surface area (Å²) in [7, 11) is 0. The van der Waals surface area contributed by atoms with Crippen LogP contribution in [0.1, 0.15) is 0 Å². The van der Waals surface area contributed by atoms with Crippen molar-refractivity contribution in [3.05, 3.63) is 23.0 Å². The zero-order valence-electron chi connectivity index (χ0n) is 9.28. The van der Waals surface area contributed by atoms with E-state index >= 15 is 0 Å². The Labute approximate surface area is 107 Å². The lowest BCUT2D eigenvalue weighted by molar-refractivity contribution is 0.248. The van der Waals surface area contributed by atoms with E-state index in [0.29, 0.717) is 24.1 Å². The van der Waals surface area contributed by atoms with Crippen LogP contribution in [-0.4, -0.2) is 22.1 Å². The van der Waals surface area contributed by atoms with E-state index in [4.69, 9.17) is 23.1 Å². The van der Waals surface area contributed by atoms with E-state index in [1.807, 2.05) is 0 Å². The van der Waals surface area contributed by atoms with Gasteiger partial charge in [0.15, 0.2) is 0 Å². The third-order valence-corrected chi connectivity index (χ3v) is 2.74. The lowest BCUT2D eigenvalue weighted by atomic mass is 10.3. The number of urea groups is 1. The number of halogens is 2. The normalized spacial score (nSPS) is 10.8. The highest BCUT2D eigenvalue weighted by molar-refractivity contribution is 6.31. The van der Waals surface area contributed by atoms with Gasteiger partial charge in [0.25, 0.3) is 0 Å². The molecule has 0 atom stereocenters. The fraction of sp³-hybridized carbons (Fsp3) is 0.200. The monoisotopic (exact) mass is 271 g/mol. The predicted octanol–water partition coefficient (Wildman–Crippen LogP) is 1.08. The van der Waals surface area contributed by atoms with Crippen LogP contribution in [0, 0.1) is 5.82 Å². The Bertz CT molecular complexity index is 612. The number of anilines is 1. The number of hydrogen-bond donors (Lipinski definition) is 3. The van der Waals surface area contributed by atoms with Gasteiger partial charge in [-0.3, -0.25) is 0 Å². The zero-order valence-corrected chi connectivity index (χ0v) is 10.0. The number of carbonyl (C=O) groups is 1. The predicted molar refractivity (Wildman–Crippen MR) is 66.7 cm³/mol. The fourth-order valence-electron chi connectivity index (χ4n) is 1.66. The smallest absolute Gasteiger partial charge is 0.312 e. The molecule has 2 rings (SSSR count). The Kier molecular flexibility index (Phi) is 3.24. The van der Waals surface area contributed by atoms with E-state index in [9.17, 15) is 9.18 Å². The minimum absolute atomic E-state index is 0.00786. The van der Waals surface area contributed by atoms with Gasteiger partial charge in [-0.2, -0.15) is 0 Å². The second-order valence-corrected chi connectivity index (χ2v) is 4.07. The highest BCUT2D eigenvalue weighted by Crippen LogP contribution is 2.24. The number of hydrogen-bond acceptors (Lipinski definition) is 3. The molecule has 0 saturated heterocycles. The molecule has 0 bridgehead atoms. The van der Waals surface area contributed by atoms with Crippen LogP contribution in [0.25, 0.3) is 11.0 Å². The average Bonchev–Trinajstić information content (AvgIpc) is 2.56. The molecule has 2 aromatic rings. The van der Waals surface area contributed by atoms with Gasteiger partial charge in [0.2, 0.25) is 5.95 Å².